The normalized spacial score (nSPS) is 25.3. The minimum absolute atomic E-state index is 0.179. The van der Waals surface area contributed by atoms with Gasteiger partial charge in [0.05, 0.1) is 11.5 Å². The van der Waals surface area contributed by atoms with Crippen LogP contribution in [0.25, 0.3) is 0 Å². The lowest BCUT2D eigenvalue weighted by atomic mass is 10.2. The van der Waals surface area contributed by atoms with E-state index in [2.05, 4.69) is 24.1 Å². The number of sulfone groups is 1. The fourth-order valence-corrected chi connectivity index (χ4v) is 3.79. The first-order chi connectivity index (χ1) is 7.91. The Morgan fingerprint density at radius 3 is 2.71 bits per heavy atom. The van der Waals surface area contributed by atoms with Gasteiger partial charge in [0.1, 0.15) is 0 Å². The van der Waals surface area contributed by atoms with E-state index in [0.29, 0.717) is 24.0 Å². The Morgan fingerprint density at radius 2 is 2.12 bits per heavy atom. The molecule has 0 aliphatic carbocycles. The average molecular weight is 262 g/mol. The number of hydrogen-bond acceptors (Lipinski definition) is 4. The third-order valence-electron chi connectivity index (χ3n) is 3.16. The highest BCUT2D eigenvalue weighted by molar-refractivity contribution is 7.91. The van der Waals surface area contributed by atoms with Crippen LogP contribution in [-0.2, 0) is 9.84 Å². The second kappa shape index (κ2) is 6.71. The van der Waals surface area contributed by atoms with Crippen LogP contribution in [0.15, 0.2) is 0 Å². The lowest BCUT2D eigenvalue weighted by molar-refractivity contribution is 0.223. The van der Waals surface area contributed by atoms with Crippen molar-refractivity contribution in [1.29, 1.82) is 0 Å². The van der Waals surface area contributed by atoms with Crippen LogP contribution >= 0.6 is 0 Å². The molecule has 4 nitrogen and oxygen atoms in total. The molecule has 1 aliphatic rings. The standard InChI is InChI=1S/C12H26N2O2S/c1-11(2)9-13-5-4-6-14-7-8-17(15,16)10-12(14)3/h11-13H,4-10H2,1-3H3. The zero-order chi connectivity index (χ0) is 12.9. The summed E-state index contributed by atoms with van der Waals surface area (Å²) in [6.45, 7) is 10.2. The third-order valence-corrected chi connectivity index (χ3v) is 4.95. The third kappa shape index (κ3) is 5.84. The highest BCUT2D eigenvalue weighted by Crippen LogP contribution is 2.11. The van der Waals surface area contributed by atoms with Crippen molar-refractivity contribution in [2.45, 2.75) is 33.2 Å². The van der Waals surface area contributed by atoms with Gasteiger partial charge in [0, 0.05) is 12.6 Å². The molecule has 102 valence electrons. The van der Waals surface area contributed by atoms with Crippen molar-refractivity contribution in [3.8, 4) is 0 Å². The Balaban J connectivity index is 2.16. The lowest BCUT2D eigenvalue weighted by Crippen LogP contribution is -2.47. The molecule has 17 heavy (non-hydrogen) atoms. The number of nitrogens with zero attached hydrogens (tertiary/aromatic N) is 1. The summed E-state index contributed by atoms with van der Waals surface area (Å²) in [5.41, 5.74) is 0. The monoisotopic (exact) mass is 262 g/mol. The van der Waals surface area contributed by atoms with Gasteiger partial charge < -0.3 is 5.32 Å². The van der Waals surface area contributed by atoms with Gasteiger partial charge in [-0.3, -0.25) is 4.90 Å². The highest BCUT2D eigenvalue weighted by atomic mass is 32.2. The minimum atomic E-state index is -2.77. The van der Waals surface area contributed by atoms with Crippen LogP contribution in [0.1, 0.15) is 27.2 Å². The molecule has 0 saturated carbocycles. The van der Waals surface area contributed by atoms with Gasteiger partial charge in [-0.15, -0.1) is 0 Å². The predicted molar refractivity (Wildman–Crippen MR) is 72.0 cm³/mol. The van der Waals surface area contributed by atoms with Gasteiger partial charge in [0.25, 0.3) is 0 Å². The maximum absolute atomic E-state index is 11.4. The smallest absolute Gasteiger partial charge is 0.153 e. The maximum atomic E-state index is 11.4. The molecule has 1 heterocycles. The molecule has 1 fully saturated rings. The van der Waals surface area contributed by atoms with E-state index in [-0.39, 0.29) is 6.04 Å². The van der Waals surface area contributed by atoms with Crippen molar-refractivity contribution in [3.05, 3.63) is 0 Å². The number of nitrogens with one attached hydrogen (secondary N) is 1. The molecule has 1 rings (SSSR count). The van der Waals surface area contributed by atoms with Crippen molar-refractivity contribution in [3.63, 3.8) is 0 Å². The van der Waals surface area contributed by atoms with Crippen LogP contribution in [0.4, 0.5) is 0 Å². The Kier molecular flexibility index (Phi) is 5.89. The molecule has 0 bridgehead atoms. The second-order valence-electron chi connectivity index (χ2n) is 5.45. The van der Waals surface area contributed by atoms with Crippen LogP contribution in [-0.4, -0.2) is 57.0 Å². The Bertz CT molecular complexity index is 314. The van der Waals surface area contributed by atoms with E-state index in [9.17, 15) is 8.42 Å². The molecule has 0 aromatic rings. The van der Waals surface area contributed by atoms with E-state index >= 15 is 0 Å². The lowest BCUT2D eigenvalue weighted by Gasteiger charge is -2.33. The van der Waals surface area contributed by atoms with Crippen molar-refractivity contribution in [2.24, 2.45) is 5.92 Å². The average Bonchev–Trinajstić information content (AvgIpc) is 2.19. The maximum Gasteiger partial charge on any atom is 0.153 e. The van der Waals surface area contributed by atoms with Crippen molar-refractivity contribution < 1.29 is 8.42 Å². The van der Waals surface area contributed by atoms with Gasteiger partial charge in [-0.1, -0.05) is 13.8 Å². The fourth-order valence-electron chi connectivity index (χ4n) is 2.16. The topological polar surface area (TPSA) is 49.4 Å². The van der Waals surface area contributed by atoms with Gasteiger partial charge in [-0.2, -0.15) is 0 Å². The van der Waals surface area contributed by atoms with Gasteiger partial charge in [0.2, 0.25) is 0 Å². The number of hydrogen-bond donors (Lipinski definition) is 1. The Morgan fingerprint density at radius 1 is 1.41 bits per heavy atom. The van der Waals surface area contributed by atoms with E-state index in [0.717, 1.165) is 26.1 Å². The van der Waals surface area contributed by atoms with Gasteiger partial charge in [0.15, 0.2) is 9.84 Å². The first kappa shape index (κ1) is 14.9. The van der Waals surface area contributed by atoms with Crippen LogP contribution in [0.5, 0.6) is 0 Å². The summed E-state index contributed by atoms with van der Waals surface area (Å²) in [6.07, 6.45) is 1.09. The summed E-state index contributed by atoms with van der Waals surface area (Å²) in [5, 5.41) is 3.41. The van der Waals surface area contributed by atoms with E-state index in [1.165, 1.54) is 0 Å². The minimum Gasteiger partial charge on any atom is -0.316 e. The van der Waals surface area contributed by atoms with Gasteiger partial charge in [-0.05, 0) is 38.9 Å². The molecule has 0 spiro atoms. The molecule has 0 amide bonds. The zero-order valence-corrected chi connectivity index (χ0v) is 12.1. The molecule has 5 heteroatoms. The van der Waals surface area contributed by atoms with Crippen LogP contribution < -0.4 is 5.32 Å². The van der Waals surface area contributed by atoms with Crippen molar-refractivity contribution in [2.75, 3.05) is 37.7 Å². The summed E-state index contributed by atoms with van der Waals surface area (Å²) < 4.78 is 22.8. The second-order valence-corrected chi connectivity index (χ2v) is 7.68. The molecule has 0 radical (unpaired) electrons. The van der Waals surface area contributed by atoms with Crippen molar-refractivity contribution >= 4 is 9.84 Å². The highest BCUT2D eigenvalue weighted by Gasteiger charge is 2.27. The summed E-state index contributed by atoms with van der Waals surface area (Å²) >= 11 is 0. The zero-order valence-electron chi connectivity index (χ0n) is 11.3. The first-order valence-electron chi connectivity index (χ1n) is 6.56. The van der Waals surface area contributed by atoms with Gasteiger partial charge in [-0.25, -0.2) is 8.42 Å². The summed E-state index contributed by atoms with van der Waals surface area (Å²) in [7, 11) is -2.77. The molecule has 1 atom stereocenters. The largest absolute Gasteiger partial charge is 0.316 e. The first-order valence-corrected chi connectivity index (χ1v) is 8.38. The van der Waals surface area contributed by atoms with Crippen LogP contribution in [0.3, 0.4) is 0 Å². The molecular weight excluding hydrogens is 236 g/mol. The molecule has 1 saturated heterocycles. The fraction of sp³-hybridized carbons (Fsp3) is 1.00. The van der Waals surface area contributed by atoms with E-state index in [1.54, 1.807) is 0 Å². The molecule has 1 aliphatic heterocycles. The van der Waals surface area contributed by atoms with E-state index in [4.69, 9.17) is 0 Å². The summed E-state index contributed by atoms with van der Waals surface area (Å²) in [6, 6.07) is 0.179. The predicted octanol–water partition coefficient (Wildman–Crippen LogP) is 0.741. The molecular formula is C12H26N2O2S. The van der Waals surface area contributed by atoms with Gasteiger partial charge >= 0.3 is 0 Å². The molecule has 1 unspecified atom stereocenters. The number of rotatable bonds is 6. The molecule has 0 aromatic carbocycles. The van der Waals surface area contributed by atoms with E-state index < -0.39 is 9.84 Å². The van der Waals surface area contributed by atoms with Crippen molar-refractivity contribution in [1.82, 2.24) is 10.2 Å². The molecule has 1 N–H and O–H groups in total. The summed E-state index contributed by atoms with van der Waals surface area (Å²) in [4.78, 5) is 2.29. The Hall–Kier alpha value is -0.130. The molecule has 0 aromatic heterocycles. The van der Waals surface area contributed by atoms with E-state index in [1.807, 2.05) is 6.92 Å². The SMILES string of the molecule is CC(C)CNCCCN1CCS(=O)(=O)CC1C. The summed E-state index contributed by atoms with van der Waals surface area (Å²) in [5.74, 6) is 1.34. The quantitative estimate of drug-likeness (QED) is 0.717. The Labute approximate surface area is 106 Å². The van der Waals surface area contributed by atoms with Crippen LogP contribution in [0.2, 0.25) is 0 Å². The van der Waals surface area contributed by atoms with Crippen LogP contribution in [0, 0.1) is 5.92 Å².